The van der Waals surface area contributed by atoms with Crippen LogP contribution in [0.3, 0.4) is 0 Å². The van der Waals surface area contributed by atoms with Crippen LogP contribution in [0.15, 0.2) is 48.5 Å². The summed E-state index contributed by atoms with van der Waals surface area (Å²) in [6, 6.07) is 15.9. The third-order valence-electron chi connectivity index (χ3n) is 4.59. The molecule has 2 aromatic carbocycles. The maximum atomic E-state index is 11.5. The molecule has 1 N–H and O–H groups in total. The van der Waals surface area contributed by atoms with Crippen molar-refractivity contribution in [1.29, 1.82) is 0 Å². The van der Waals surface area contributed by atoms with Crippen molar-refractivity contribution in [2.45, 2.75) is 26.8 Å². The molecule has 1 aromatic heterocycles. The van der Waals surface area contributed by atoms with Crippen LogP contribution in [-0.2, 0) is 17.7 Å². The van der Waals surface area contributed by atoms with Crippen molar-refractivity contribution in [3.05, 3.63) is 59.8 Å². The molecule has 0 atom stereocenters. The first kappa shape index (κ1) is 19.6. The number of ether oxygens (including phenoxy) is 3. The number of carbonyl (C=O) groups is 1. The molecule has 2 aliphatic heterocycles. The van der Waals surface area contributed by atoms with E-state index in [1.54, 1.807) is 4.90 Å². The van der Waals surface area contributed by atoms with Crippen molar-refractivity contribution < 1.29 is 19.0 Å². The van der Waals surface area contributed by atoms with Crippen LogP contribution >= 0.6 is 0 Å². The van der Waals surface area contributed by atoms with Crippen molar-refractivity contribution in [1.82, 2.24) is 9.88 Å². The molecule has 1 amide bonds. The maximum Gasteiger partial charge on any atom is 0.409 e. The number of H-pyrrole nitrogens is 1. The SMILES string of the molecule is CC.COC(=O)N1CCc2c([nH]c3ccccc23)C1.c1ccc2c(c1)OCO2. The molecule has 3 aromatic rings. The number of hydrogen-bond donors (Lipinski definition) is 1. The number of carbonyl (C=O) groups excluding carboxylic acids is 1. The number of rotatable bonds is 0. The molecule has 0 bridgehead atoms. The second-order valence-electron chi connectivity index (χ2n) is 6.12. The van der Waals surface area contributed by atoms with Crippen LogP contribution in [0, 0.1) is 0 Å². The second kappa shape index (κ2) is 9.17. The van der Waals surface area contributed by atoms with Gasteiger partial charge in [0.1, 0.15) is 0 Å². The molecule has 148 valence electrons. The van der Waals surface area contributed by atoms with Gasteiger partial charge in [0.15, 0.2) is 11.5 Å². The third-order valence-corrected chi connectivity index (χ3v) is 4.59. The molecule has 0 saturated heterocycles. The Labute approximate surface area is 165 Å². The predicted molar refractivity (Wildman–Crippen MR) is 109 cm³/mol. The number of fused-ring (bicyclic) bond motifs is 4. The summed E-state index contributed by atoms with van der Waals surface area (Å²) in [5.74, 6) is 1.69. The largest absolute Gasteiger partial charge is 0.454 e. The summed E-state index contributed by atoms with van der Waals surface area (Å²) in [5, 5.41) is 1.27. The van der Waals surface area contributed by atoms with Crippen LogP contribution in [-0.4, -0.2) is 36.4 Å². The van der Waals surface area contributed by atoms with Gasteiger partial charge in [-0.1, -0.05) is 44.2 Å². The third kappa shape index (κ3) is 4.06. The molecule has 3 heterocycles. The van der Waals surface area contributed by atoms with Crippen molar-refractivity contribution in [3.8, 4) is 11.5 Å². The first-order valence-corrected chi connectivity index (χ1v) is 9.52. The molecule has 28 heavy (non-hydrogen) atoms. The molecule has 0 unspecified atom stereocenters. The first-order chi connectivity index (χ1) is 13.8. The smallest absolute Gasteiger partial charge is 0.409 e. The number of nitrogens with zero attached hydrogens (tertiary/aromatic N) is 1. The van der Waals surface area contributed by atoms with E-state index in [0.29, 0.717) is 13.3 Å². The summed E-state index contributed by atoms with van der Waals surface area (Å²) in [6.45, 7) is 5.69. The molecular weight excluding hydrogens is 356 g/mol. The van der Waals surface area contributed by atoms with E-state index in [1.807, 2.05) is 50.2 Å². The summed E-state index contributed by atoms with van der Waals surface area (Å²) in [4.78, 5) is 16.6. The van der Waals surface area contributed by atoms with Crippen molar-refractivity contribution in [3.63, 3.8) is 0 Å². The zero-order valence-corrected chi connectivity index (χ0v) is 16.5. The minimum Gasteiger partial charge on any atom is -0.454 e. The van der Waals surface area contributed by atoms with E-state index in [2.05, 4.69) is 17.1 Å². The number of aromatic nitrogens is 1. The molecule has 0 saturated carbocycles. The van der Waals surface area contributed by atoms with Crippen molar-refractivity contribution >= 4 is 17.0 Å². The number of para-hydroxylation sites is 3. The first-order valence-electron chi connectivity index (χ1n) is 9.52. The van der Waals surface area contributed by atoms with Crippen molar-refractivity contribution in [2.75, 3.05) is 20.4 Å². The minimum absolute atomic E-state index is 0.255. The number of nitrogens with one attached hydrogen (secondary N) is 1. The fourth-order valence-corrected chi connectivity index (χ4v) is 3.32. The van der Waals surface area contributed by atoms with E-state index >= 15 is 0 Å². The molecule has 0 spiro atoms. The van der Waals surface area contributed by atoms with Gasteiger partial charge in [-0.15, -0.1) is 0 Å². The van der Waals surface area contributed by atoms with Crippen LogP contribution < -0.4 is 9.47 Å². The predicted octanol–water partition coefficient (Wildman–Crippen LogP) is 4.73. The Morgan fingerprint density at radius 1 is 1.04 bits per heavy atom. The van der Waals surface area contributed by atoms with Gasteiger partial charge in [0.2, 0.25) is 6.79 Å². The number of aromatic amines is 1. The molecule has 5 rings (SSSR count). The highest BCUT2D eigenvalue weighted by atomic mass is 16.7. The number of amides is 1. The zero-order chi connectivity index (χ0) is 19.9. The fraction of sp³-hybridized carbons (Fsp3) is 0.318. The van der Waals surface area contributed by atoms with Gasteiger partial charge >= 0.3 is 6.09 Å². The standard InChI is InChI=1S/C13H14N2O2.C7H6O2.C2H6/c1-17-13(16)15-7-6-10-9-4-2-3-5-11(9)14-12(10)8-15;1-2-4-7-6(3-1)8-5-9-7;1-2/h2-5,14H,6-8H2,1H3;1-4H,5H2;1-2H3. The molecular formula is C22H26N2O4. The quantitative estimate of drug-likeness (QED) is 0.610. The Balaban J connectivity index is 0.000000172. The van der Waals surface area contributed by atoms with Crippen LogP contribution in [0.4, 0.5) is 4.79 Å². The van der Waals surface area contributed by atoms with E-state index < -0.39 is 0 Å². The Kier molecular flexibility index (Phi) is 6.42. The van der Waals surface area contributed by atoms with Gasteiger partial charge in [0, 0.05) is 23.1 Å². The van der Waals surface area contributed by atoms with E-state index in [1.165, 1.54) is 18.1 Å². The van der Waals surface area contributed by atoms with Crippen LogP contribution in [0.1, 0.15) is 25.1 Å². The van der Waals surface area contributed by atoms with Gasteiger partial charge in [-0.25, -0.2) is 4.79 Å². The molecule has 6 heteroatoms. The lowest BCUT2D eigenvalue weighted by Crippen LogP contribution is -2.35. The van der Waals surface area contributed by atoms with E-state index in [4.69, 9.17) is 14.2 Å². The van der Waals surface area contributed by atoms with E-state index in [9.17, 15) is 4.79 Å². The van der Waals surface area contributed by atoms with Gasteiger partial charge in [-0.3, -0.25) is 0 Å². The van der Waals surface area contributed by atoms with E-state index in [0.717, 1.165) is 35.7 Å². The summed E-state index contributed by atoms with van der Waals surface area (Å²) < 4.78 is 14.9. The van der Waals surface area contributed by atoms with Gasteiger partial charge < -0.3 is 24.1 Å². The zero-order valence-electron chi connectivity index (χ0n) is 16.5. The van der Waals surface area contributed by atoms with Crippen LogP contribution in [0.2, 0.25) is 0 Å². The Bertz CT molecular complexity index is 912. The molecule has 0 radical (unpaired) electrons. The Hall–Kier alpha value is -3.15. The Morgan fingerprint density at radius 3 is 2.36 bits per heavy atom. The lowest BCUT2D eigenvalue weighted by Gasteiger charge is -2.25. The average Bonchev–Trinajstić information content (AvgIpc) is 3.39. The lowest BCUT2D eigenvalue weighted by molar-refractivity contribution is 0.118. The lowest BCUT2D eigenvalue weighted by atomic mass is 10.0. The van der Waals surface area contributed by atoms with Crippen molar-refractivity contribution in [2.24, 2.45) is 0 Å². The van der Waals surface area contributed by atoms with Gasteiger partial charge in [-0.2, -0.15) is 0 Å². The molecule has 6 nitrogen and oxygen atoms in total. The van der Waals surface area contributed by atoms with Gasteiger partial charge in [0.05, 0.1) is 13.7 Å². The molecule has 0 fully saturated rings. The number of hydrogen-bond acceptors (Lipinski definition) is 4. The van der Waals surface area contributed by atoms with Crippen LogP contribution in [0.25, 0.3) is 10.9 Å². The number of benzene rings is 2. The van der Waals surface area contributed by atoms with Crippen LogP contribution in [0.5, 0.6) is 11.5 Å². The molecule has 0 aliphatic carbocycles. The molecule has 2 aliphatic rings. The Morgan fingerprint density at radius 2 is 1.68 bits per heavy atom. The minimum atomic E-state index is -0.255. The van der Waals surface area contributed by atoms with Gasteiger partial charge in [0.25, 0.3) is 0 Å². The average molecular weight is 382 g/mol. The van der Waals surface area contributed by atoms with Gasteiger partial charge in [-0.05, 0) is 30.2 Å². The summed E-state index contributed by atoms with van der Waals surface area (Å²) in [5.41, 5.74) is 3.60. The highest BCUT2D eigenvalue weighted by Gasteiger charge is 2.23. The maximum absolute atomic E-state index is 11.5. The number of methoxy groups -OCH3 is 1. The van der Waals surface area contributed by atoms with E-state index in [-0.39, 0.29) is 6.09 Å². The highest BCUT2D eigenvalue weighted by Crippen LogP contribution is 2.30. The second-order valence-corrected chi connectivity index (χ2v) is 6.12. The monoisotopic (exact) mass is 382 g/mol. The summed E-state index contributed by atoms with van der Waals surface area (Å²) in [7, 11) is 1.42. The topological polar surface area (TPSA) is 63.8 Å². The normalized spacial score (nSPS) is 13.6. The summed E-state index contributed by atoms with van der Waals surface area (Å²) in [6.07, 6.45) is 0.628. The fourth-order valence-electron chi connectivity index (χ4n) is 3.32. The highest BCUT2D eigenvalue weighted by molar-refractivity contribution is 5.85. The summed E-state index contributed by atoms with van der Waals surface area (Å²) >= 11 is 0.